The maximum absolute atomic E-state index is 5.69. The van der Waals surface area contributed by atoms with E-state index >= 15 is 0 Å². The smallest absolute Gasteiger partial charge is 0.0753 e. The molecule has 1 fully saturated rings. The average Bonchev–Trinajstić information content (AvgIpc) is 2.82. The first-order valence-corrected chi connectivity index (χ1v) is 5.10. The van der Waals surface area contributed by atoms with Gasteiger partial charge in [0.1, 0.15) is 0 Å². The molecule has 1 aliphatic carbocycles. The van der Waals surface area contributed by atoms with Crippen LogP contribution in [0.4, 0.5) is 0 Å². The first-order valence-electron chi connectivity index (χ1n) is 5.10. The third-order valence-electron chi connectivity index (χ3n) is 2.91. The Morgan fingerprint density at radius 3 is 2.42 bits per heavy atom. The average molecular weight is 171 g/mol. The quantitative estimate of drug-likeness (QED) is 0.662. The lowest BCUT2D eigenvalue weighted by molar-refractivity contribution is 0.0118. The Hall–Kier alpha value is -0.0800. The van der Waals surface area contributed by atoms with E-state index in [1.807, 2.05) is 6.92 Å². The molecule has 0 amide bonds. The minimum atomic E-state index is 0.322. The van der Waals surface area contributed by atoms with Crippen LogP contribution in [0.2, 0.25) is 0 Å². The van der Waals surface area contributed by atoms with E-state index in [1.165, 1.54) is 25.7 Å². The van der Waals surface area contributed by atoms with Gasteiger partial charge in [0, 0.05) is 13.2 Å². The van der Waals surface area contributed by atoms with Crippen LogP contribution in [0.5, 0.6) is 0 Å². The number of nitrogens with two attached hydrogens (primary N) is 1. The summed E-state index contributed by atoms with van der Waals surface area (Å²) in [5, 5.41) is 0. The first kappa shape index (κ1) is 10.0. The van der Waals surface area contributed by atoms with Crippen LogP contribution in [-0.4, -0.2) is 19.3 Å². The molecular weight excluding hydrogens is 150 g/mol. The van der Waals surface area contributed by atoms with Crippen molar-refractivity contribution in [3.05, 3.63) is 0 Å². The van der Waals surface area contributed by atoms with Crippen molar-refractivity contribution >= 4 is 0 Å². The standard InChI is InChI=1S/C10H21NO/c1-3-5-10(6-7-10)9(8-11)12-4-2/h9H,3-8,11H2,1-2H3. The first-order chi connectivity index (χ1) is 5.79. The SMILES string of the molecule is CCCC1(C(CN)OCC)CC1. The predicted octanol–water partition coefficient (Wildman–Crippen LogP) is 1.93. The zero-order chi connectivity index (χ0) is 9.03. The van der Waals surface area contributed by atoms with E-state index in [4.69, 9.17) is 10.5 Å². The maximum Gasteiger partial charge on any atom is 0.0753 e. The fraction of sp³-hybridized carbons (Fsp3) is 1.00. The lowest BCUT2D eigenvalue weighted by Crippen LogP contribution is -2.33. The monoisotopic (exact) mass is 171 g/mol. The van der Waals surface area contributed by atoms with Gasteiger partial charge in [-0.25, -0.2) is 0 Å². The van der Waals surface area contributed by atoms with Crippen molar-refractivity contribution in [1.29, 1.82) is 0 Å². The van der Waals surface area contributed by atoms with E-state index in [2.05, 4.69) is 6.92 Å². The lowest BCUT2D eigenvalue weighted by Gasteiger charge is -2.25. The van der Waals surface area contributed by atoms with Crippen molar-refractivity contribution in [2.24, 2.45) is 11.1 Å². The van der Waals surface area contributed by atoms with E-state index in [-0.39, 0.29) is 0 Å². The lowest BCUT2D eigenvalue weighted by atomic mass is 9.93. The van der Waals surface area contributed by atoms with Gasteiger partial charge in [0.2, 0.25) is 0 Å². The minimum absolute atomic E-state index is 0.322. The largest absolute Gasteiger partial charge is 0.377 e. The number of hydrogen-bond acceptors (Lipinski definition) is 2. The molecule has 0 aliphatic heterocycles. The zero-order valence-electron chi connectivity index (χ0n) is 8.31. The molecule has 2 heteroatoms. The highest BCUT2D eigenvalue weighted by molar-refractivity contribution is 4.99. The number of hydrogen-bond donors (Lipinski definition) is 1. The summed E-state index contributed by atoms with van der Waals surface area (Å²) < 4.78 is 5.65. The van der Waals surface area contributed by atoms with Gasteiger partial charge in [-0.2, -0.15) is 0 Å². The van der Waals surface area contributed by atoms with E-state index in [9.17, 15) is 0 Å². The fourth-order valence-electron chi connectivity index (χ4n) is 2.09. The second-order valence-electron chi connectivity index (χ2n) is 3.79. The Balaban J connectivity index is 2.40. The molecule has 1 atom stereocenters. The van der Waals surface area contributed by atoms with E-state index in [1.54, 1.807) is 0 Å². The van der Waals surface area contributed by atoms with Crippen LogP contribution in [0, 0.1) is 5.41 Å². The highest BCUT2D eigenvalue weighted by Gasteiger charge is 2.48. The van der Waals surface area contributed by atoms with Gasteiger partial charge in [-0.1, -0.05) is 13.3 Å². The van der Waals surface area contributed by atoms with Gasteiger partial charge in [0.25, 0.3) is 0 Å². The molecule has 1 unspecified atom stereocenters. The van der Waals surface area contributed by atoms with Crippen LogP contribution in [0.15, 0.2) is 0 Å². The molecule has 0 aromatic carbocycles. The topological polar surface area (TPSA) is 35.2 Å². The molecule has 0 spiro atoms. The summed E-state index contributed by atoms with van der Waals surface area (Å²) in [5.41, 5.74) is 6.16. The normalized spacial score (nSPS) is 22.2. The van der Waals surface area contributed by atoms with Crippen LogP contribution in [-0.2, 0) is 4.74 Å². The molecule has 2 nitrogen and oxygen atoms in total. The van der Waals surface area contributed by atoms with Crippen LogP contribution in [0.25, 0.3) is 0 Å². The van der Waals surface area contributed by atoms with Gasteiger partial charge in [0.05, 0.1) is 6.10 Å². The summed E-state index contributed by atoms with van der Waals surface area (Å²) in [6.45, 7) is 5.77. The van der Waals surface area contributed by atoms with E-state index < -0.39 is 0 Å². The van der Waals surface area contributed by atoms with Crippen molar-refractivity contribution in [3.8, 4) is 0 Å². The highest BCUT2D eigenvalue weighted by atomic mass is 16.5. The summed E-state index contributed by atoms with van der Waals surface area (Å²) in [4.78, 5) is 0. The molecule has 0 bridgehead atoms. The summed E-state index contributed by atoms with van der Waals surface area (Å²) in [6.07, 6.45) is 5.51. The van der Waals surface area contributed by atoms with Gasteiger partial charge < -0.3 is 10.5 Å². The second-order valence-corrected chi connectivity index (χ2v) is 3.79. The fourth-order valence-corrected chi connectivity index (χ4v) is 2.09. The highest BCUT2D eigenvalue weighted by Crippen LogP contribution is 2.53. The zero-order valence-corrected chi connectivity index (χ0v) is 8.31. The molecule has 1 aliphatic rings. The maximum atomic E-state index is 5.69. The predicted molar refractivity (Wildman–Crippen MR) is 51.0 cm³/mol. The number of ether oxygens (including phenoxy) is 1. The Bertz CT molecular complexity index is 132. The van der Waals surface area contributed by atoms with Gasteiger partial charge in [-0.15, -0.1) is 0 Å². The van der Waals surface area contributed by atoms with Gasteiger partial charge in [-0.05, 0) is 31.6 Å². The molecule has 12 heavy (non-hydrogen) atoms. The third-order valence-corrected chi connectivity index (χ3v) is 2.91. The van der Waals surface area contributed by atoms with Crippen LogP contribution < -0.4 is 5.73 Å². The van der Waals surface area contributed by atoms with Crippen molar-refractivity contribution < 1.29 is 4.74 Å². The molecule has 0 heterocycles. The minimum Gasteiger partial charge on any atom is -0.377 e. The molecule has 72 valence electrons. The Kier molecular flexibility index (Phi) is 3.53. The van der Waals surface area contributed by atoms with E-state index in [0.29, 0.717) is 18.1 Å². The third kappa shape index (κ3) is 1.99. The van der Waals surface area contributed by atoms with Crippen molar-refractivity contribution in [2.45, 2.75) is 45.6 Å². The summed E-state index contributed by atoms with van der Waals surface area (Å²) >= 11 is 0. The van der Waals surface area contributed by atoms with Crippen LogP contribution >= 0.6 is 0 Å². The molecule has 1 saturated carbocycles. The second kappa shape index (κ2) is 4.24. The number of rotatable bonds is 6. The Morgan fingerprint density at radius 2 is 2.08 bits per heavy atom. The van der Waals surface area contributed by atoms with Crippen LogP contribution in [0.1, 0.15) is 39.5 Å². The van der Waals surface area contributed by atoms with Gasteiger partial charge >= 0.3 is 0 Å². The molecular formula is C10H21NO. The summed E-state index contributed by atoms with van der Waals surface area (Å²) in [5.74, 6) is 0. The molecule has 0 aromatic rings. The van der Waals surface area contributed by atoms with Crippen molar-refractivity contribution in [3.63, 3.8) is 0 Å². The molecule has 2 N–H and O–H groups in total. The van der Waals surface area contributed by atoms with Crippen molar-refractivity contribution in [2.75, 3.05) is 13.2 Å². The summed E-state index contributed by atoms with van der Waals surface area (Å²) in [7, 11) is 0. The molecule has 0 aromatic heterocycles. The Labute approximate surface area is 75.5 Å². The summed E-state index contributed by atoms with van der Waals surface area (Å²) in [6, 6.07) is 0. The molecule has 0 saturated heterocycles. The molecule has 1 rings (SSSR count). The van der Waals surface area contributed by atoms with E-state index in [0.717, 1.165) is 6.61 Å². The molecule has 0 radical (unpaired) electrons. The van der Waals surface area contributed by atoms with Crippen molar-refractivity contribution in [1.82, 2.24) is 0 Å². The van der Waals surface area contributed by atoms with Gasteiger partial charge in [0.15, 0.2) is 0 Å². The Morgan fingerprint density at radius 1 is 1.42 bits per heavy atom. The van der Waals surface area contributed by atoms with Crippen LogP contribution in [0.3, 0.4) is 0 Å². The van der Waals surface area contributed by atoms with Gasteiger partial charge in [-0.3, -0.25) is 0 Å².